The summed E-state index contributed by atoms with van der Waals surface area (Å²) in [6.07, 6.45) is 2.45. The fraction of sp³-hybridized carbons (Fsp3) is 0.438. The Kier molecular flexibility index (Phi) is 9.24. The van der Waals surface area contributed by atoms with Crippen LogP contribution in [0.25, 0.3) is 11.1 Å². The summed E-state index contributed by atoms with van der Waals surface area (Å²) in [4.78, 5) is 18.9. The molecule has 0 spiro atoms. The molecule has 2 heterocycles. The van der Waals surface area contributed by atoms with Crippen LogP contribution in [0.15, 0.2) is 48.7 Å². The number of halogens is 3. The second-order valence-electron chi connectivity index (χ2n) is 12.2. The molecular weight excluding hydrogens is 550 g/mol. The number of carboxylic acids is 1. The standard InChI is InChI=1S/C32H37ClF2N2O4/c1-31(2,3)41-28(30(38)39)26-27(37-15-13-32(4,5)14-16-37)23(19-36-29(26)33)21-8-11-25(24(35)18-21)40-17-12-20-6-9-22(34)10-7-20/h6-11,18-19,28H,12-17H2,1-5H3,(H,38,39)/t28-/m0/s1. The first kappa shape index (κ1) is 30.7. The number of piperidine rings is 1. The molecule has 6 nitrogen and oxygen atoms in total. The van der Waals surface area contributed by atoms with Crippen LogP contribution < -0.4 is 9.64 Å². The molecule has 0 amide bonds. The van der Waals surface area contributed by atoms with Gasteiger partial charge in [-0.05, 0) is 74.4 Å². The predicted octanol–water partition coefficient (Wildman–Crippen LogP) is 7.87. The first-order valence-electron chi connectivity index (χ1n) is 13.8. The minimum absolute atomic E-state index is 0.0338. The van der Waals surface area contributed by atoms with Gasteiger partial charge in [0.25, 0.3) is 0 Å². The molecule has 9 heteroatoms. The number of rotatable bonds is 9. The topological polar surface area (TPSA) is 71.9 Å². The largest absolute Gasteiger partial charge is 0.490 e. The molecule has 1 fully saturated rings. The van der Waals surface area contributed by atoms with E-state index < -0.39 is 23.5 Å². The summed E-state index contributed by atoms with van der Waals surface area (Å²) in [6.45, 7) is 11.3. The van der Waals surface area contributed by atoms with E-state index in [1.165, 1.54) is 18.2 Å². The third-order valence-electron chi connectivity index (χ3n) is 7.24. The van der Waals surface area contributed by atoms with Crippen molar-refractivity contribution in [2.75, 3.05) is 24.6 Å². The molecular formula is C32H37ClF2N2O4. The van der Waals surface area contributed by atoms with Crippen LogP contribution in [-0.2, 0) is 16.0 Å². The van der Waals surface area contributed by atoms with Crippen LogP contribution in [0.4, 0.5) is 14.5 Å². The van der Waals surface area contributed by atoms with Crippen LogP contribution in [0.2, 0.25) is 5.15 Å². The summed E-state index contributed by atoms with van der Waals surface area (Å²) in [6, 6.07) is 10.7. The lowest BCUT2D eigenvalue weighted by Gasteiger charge is -2.40. The average Bonchev–Trinajstić information content (AvgIpc) is 2.89. The fourth-order valence-electron chi connectivity index (χ4n) is 4.92. The number of carboxylic acid groups (broad SMARTS) is 1. The van der Waals surface area contributed by atoms with Crippen LogP contribution in [0.3, 0.4) is 0 Å². The maximum Gasteiger partial charge on any atom is 0.337 e. The van der Waals surface area contributed by atoms with Crippen LogP contribution in [0.1, 0.15) is 64.7 Å². The molecule has 41 heavy (non-hydrogen) atoms. The van der Waals surface area contributed by atoms with Crippen molar-refractivity contribution in [2.24, 2.45) is 5.41 Å². The number of aromatic nitrogens is 1. The number of pyridine rings is 1. The lowest BCUT2D eigenvalue weighted by molar-refractivity contribution is -0.160. The predicted molar refractivity (Wildman–Crippen MR) is 157 cm³/mol. The van der Waals surface area contributed by atoms with Crippen molar-refractivity contribution < 1.29 is 28.2 Å². The van der Waals surface area contributed by atoms with E-state index in [1.54, 1.807) is 51.2 Å². The Morgan fingerprint density at radius 2 is 1.78 bits per heavy atom. The van der Waals surface area contributed by atoms with Gasteiger partial charge < -0.3 is 19.5 Å². The summed E-state index contributed by atoms with van der Waals surface area (Å²) in [5.74, 6) is -1.98. The van der Waals surface area contributed by atoms with Crippen molar-refractivity contribution >= 4 is 23.3 Å². The highest BCUT2D eigenvalue weighted by Crippen LogP contribution is 2.45. The molecule has 1 aromatic heterocycles. The van der Waals surface area contributed by atoms with E-state index >= 15 is 4.39 Å². The molecule has 1 atom stereocenters. The van der Waals surface area contributed by atoms with Gasteiger partial charge in [0.05, 0.1) is 23.5 Å². The zero-order valence-corrected chi connectivity index (χ0v) is 24.9. The van der Waals surface area contributed by atoms with Gasteiger partial charge in [-0.2, -0.15) is 0 Å². The van der Waals surface area contributed by atoms with Crippen molar-refractivity contribution in [1.29, 1.82) is 0 Å². The highest BCUT2D eigenvalue weighted by Gasteiger charge is 2.36. The van der Waals surface area contributed by atoms with Gasteiger partial charge >= 0.3 is 5.97 Å². The normalized spacial score (nSPS) is 16.0. The van der Waals surface area contributed by atoms with Gasteiger partial charge in [-0.1, -0.05) is 43.6 Å². The first-order valence-corrected chi connectivity index (χ1v) is 14.1. The zero-order chi connectivity index (χ0) is 29.9. The third-order valence-corrected chi connectivity index (χ3v) is 7.54. The van der Waals surface area contributed by atoms with E-state index in [-0.39, 0.29) is 34.3 Å². The molecule has 0 saturated carbocycles. The summed E-state index contributed by atoms with van der Waals surface area (Å²) in [5.41, 5.74) is 2.16. The fourth-order valence-corrected chi connectivity index (χ4v) is 5.15. The average molecular weight is 587 g/mol. The van der Waals surface area contributed by atoms with E-state index in [0.29, 0.717) is 36.3 Å². The SMILES string of the molecule is CC1(C)CCN(c2c(-c3ccc(OCCc4ccc(F)cc4)c(F)c3)cnc(Cl)c2[C@H](OC(C)(C)C)C(=O)O)CC1. The van der Waals surface area contributed by atoms with Crippen molar-refractivity contribution in [1.82, 2.24) is 4.98 Å². The van der Waals surface area contributed by atoms with Crippen molar-refractivity contribution in [3.8, 4) is 16.9 Å². The molecule has 0 radical (unpaired) electrons. The van der Waals surface area contributed by atoms with E-state index in [9.17, 15) is 14.3 Å². The Bertz CT molecular complexity index is 1380. The summed E-state index contributed by atoms with van der Waals surface area (Å²) < 4.78 is 40.2. The number of hydrogen-bond donors (Lipinski definition) is 1. The van der Waals surface area contributed by atoms with Gasteiger partial charge in [0.1, 0.15) is 11.0 Å². The lowest BCUT2D eigenvalue weighted by Crippen LogP contribution is -2.39. The minimum Gasteiger partial charge on any atom is -0.490 e. The van der Waals surface area contributed by atoms with Crippen LogP contribution in [0.5, 0.6) is 5.75 Å². The quantitative estimate of drug-likeness (QED) is 0.257. The highest BCUT2D eigenvalue weighted by molar-refractivity contribution is 6.31. The van der Waals surface area contributed by atoms with Crippen LogP contribution >= 0.6 is 11.6 Å². The number of nitrogens with zero attached hydrogens (tertiary/aromatic N) is 2. The molecule has 0 aliphatic carbocycles. The summed E-state index contributed by atoms with van der Waals surface area (Å²) in [7, 11) is 0. The number of ether oxygens (including phenoxy) is 2. The molecule has 0 bridgehead atoms. The smallest absolute Gasteiger partial charge is 0.337 e. The van der Waals surface area contributed by atoms with Gasteiger partial charge in [-0.15, -0.1) is 0 Å². The van der Waals surface area contributed by atoms with Crippen molar-refractivity contribution in [3.05, 3.63) is 76.6 Å². The highest BCUT2D eigenvalue weighted by atomic mass is 35.5. The summed E-state index contributed by atoms with van der Waals surface area (Å²) >= 11 is 6.61. The van der Waals surface area contributed by atoms with E-state index in [4.69, 9.17) is 21.1 Å². The minimum atomic E-state index is -1.38. The molecule has 2 aromatic carbocycles. The van der Waals surface area contributed by atoms with Crippen LogP contribution in [0, 0.1) is 17.0 Å². The maximum atomic E-state index is 15.3. The van der Waals surface area contributed by atoms with Gasteiger partial charge in [-0.3, -0.25) is 0 Å². The van der Waals surface area contributed by atoms with Crippen LogP contribution in [-0.4, -0.2) is 41.4 Å². The third kappa shape index (κ3) is 7.74. The Balaban J connectivity index is 1.71. The van der Waals surface area contributed by atoms with E-state index in [2.05, 4.69) is 23.7 Å². The van der Waals surface area contributed by atoms with E-state index in [0.717, 1.165) is 18.4 Å². The molecule has 3 aromatic rings. The van der Waals surface area contributed by atoms with Crippen molar-refractivity contribution in [3.63, 3.8) is 0 Å². The number of hydrogen-bond acceptors (Lipinski definition) is 5. The Labute approximate surface area is 245 Å². The Morgan fingerprint density at radius 1 is 1.12 bits per heavy atom. The van der Waals surface area contributed by atoms with Gasteiger partial charge in [0.2, 0.25) is 0 Å². The number of anilines is 1. The zero-order valence-electron chi connectivity index (χ0n) is 24.1. The molecule has 1 N–H and O–H groups in total. The number of aliphatic carboxylic acids is 1. The molecule has 4 rings (SSSR count). The molecule has 0 unspecified atom stereocenters. The van der Waals surface area contributed by atoms with Gasteiger partial charge in [0.15, 0.2) is 17.7 Å². The van der Waals surface area contributed by atoms with Crippen molar-refractivity contribution in [2.45, 2.75) is 65.6 Å². The molecule has 1 aliphatic rings. The Hall–Kier alpha value is -3.23. The summed E-state index contributed by atoms with van der Waals surface area (Å²) in [5, 5.41) is 10.2. The molecule has 1 saturated heterocycles. The maximum absolute atomic E-state index is 15.3. The Morgan fingerprint density at radius 3 is 2.37 bits per heavy atom. The number of benzene rings is 2. The van der Waals surface area contributed by atoms with E-state index in [1.807, 2.05) is 0 Å². The first-order chi connectivity index (χ1) is 19.2. The lowest BCUT2D eigenvalue weighted by atomic mass is 9.82. The molecule has 220 valence electrons. The monoisotopic (exact) mass is 586 g/mol. The number of carbonyl (C=O) groups is 1. The second-order valence-corrected chi connectivity index (χ2v) is 12.6. The van der Waals surface area contributed by atoms with Gasteiger partial charge in [0, 0.05) is 31.3 Å². The second kappa shape index (κ2) is 12.3. The van der Waals surface area contributed by atoms with Gasteiger partial charge in [-0.25, -0.2) is 18.6 Å². The molecule has 1 aliphatic heterocycles.